The van der Waals surface area contributed by atoms with Gasteiger partial charge in [-0.25, -0.2) is 9.78 Å². The molecule has 1 atom stereocenters. The molecule has 0 amide bonds. The van der Waals surface area contributed by atoms with Crippen molar-refractivity contribution in [3.8, 4) is 23.6 Å². The molecule has 166 valence electrons. The van der Waals surface area contributed by atoms with Crippen molar-refractivity contribution in [3.05, 3.63) is 74.7 Å². The highest BCUT2D eigenvalue weighted by Crippen LogP contribution is 2.31. The van der Waals surface area contributed by atoms with Gasteiger partial charge < -0.3 is 4.74 Å². The SMILES string of the molecule is Cn1c2c(n(CC(C)(C)C)c1=O)=CCC(c1cc(Oc3ccnc(C#N)c3)ccc1C#N)N=2. The zero-order chi connectivity index (χ0) is 23.8. The fourth-order valence-corrected chi connectivity index (χ4v) is 3.92. The zero-order valence-electron chi connectivity index (χ0n) is 19.0. The van der Waals surface area contributed by atoms with Crippen LogP contribution in [0, 0.1) is 28.1 Å². The number of rotatable bonds is 4. The molecule has 3 heterocycles. The van der Waals surface area contributed by atoms with Crippen LogP contribution in [0.4, 0.5) is 0 Å². The Balaban J connectivity index is 1.75. The first kappa shape index (κ1) is 22.0. The summed E-state index contributed by atoms with van der Waals surface area (Å²) in [4.78, 5) is 21.7. The molecule has 0 bridgehead atoms. The van der Waals surface area contributed by atoms with Crippen LogP contribution < -0.4 is 21.3 Å². The third-order valence-corrected chi connectivity index (χ3v) is 5.38. The van der Waals surface area contributed by atoms with Gasteiger partial charge in [-0.3, -0.25) is 14.1 Å². The molecule has 0 aliphatic carbocycles. The molecule has 0 radical (unpaired) electrons. The van der Waals surface area contributed by atoms with Crippen molar-refractivity contribution in [3.63, 3.8) is 0 Å². The molecule has 2 aromatic heterocycles. The first-order chi connectivity index (χ1) is 15.7. The Kier molecular flexibility index (Phi) is 5.61. The maximum absolute atomic E-state index is 12.9. The van der Waals surface area contributed by atoms with Gasteiger partial charge in [-0.2, -0.15) is 10.5 Å². The largest absolute Gasteiger partial charge is 0.457 e. The molecular formula is C25H24N6O2. The van der Waals surface area contributed by atoms with Crippen molar-refractivity contribution in [2.75, 3.05) is 0 Å². The summed E-state index contributed by atoms with van der Waals surface area (Å²) < 4.78 is 9.25. The fraction of sp³-hybridized carbons (Fsp3) is 0.320. The lowest BCUT2D eigenvalue weighted by atomic mass is 9.96. The Labute approximate surface area is 191 Å². The average molecular weight is 441 g/mol. The monoisotopic (exact) mass is 440 g/mol. The number of imidazole rings is 1. The molecule has 0 fully saturated rings. The van der Waals surface area contributed by atoms with E-state index in [-0.39, 0.29) is 22.8 Å². The van der Waals surface area contributed by atoms with E-state index in [1.165, 1.54) is 6.20 Å². The van der Waals surface area contributed by atoms with Crippen LogP contribution in [0.15, 0.2) is 46.3 Å². The van der Waals surface area contributed by atoms with Crippen LogP contribution in [0.1, 0.15) is 50.1 Å². The van der Waals surface area contributed by atoms with Crippen molar-refractivity contribution >= 4 is 6.08 Å². The summed E-state index contributed by atoms with van der Waals surface area (Å²) in [5.41, 5.74) is 1.94. The average Bonchev–Trinajstić information content (AvgIpc) is 3.02. The first-order valence-corrected chi connectivity index (χ1v) is 10.6. The summed E-state index contributed by atoms with van der Waals surface area (Å²) in [7, 11) is 1.72. The Morgan fingerprint density at radius 2 is 1.91 bits per heavy atom. The second-order valence-electron chi connectivity index (χ2n) is 9.23. The van der Waals surface area contributed by atoms with Crippen molar-refractivity contribution in [1.82, 2.24) is 14.1 Å². The van der Waals surface area contributed by atoms with E-state index in [0.29, 0.717) is 35.5 Å². The van der Waals surface area contributed by atoms with Gasteiger partial charge in [0, 0.05) is 25.9 Å². The maximum Gasteiger partial charge on any atom is 0.330 e. The van der Waals surface area contributed by atoms with Gasteiger partial charge in [0.15, 0.2) is 5.49 Å². The number of fused-ring (bicyclic) bond motifs is 1. The number of pyridine rings is 1. The van der Waals surface area contributed by atoms with E-state index in [4.69, 9.17) is 15.0 Å². The molecule has 4 rings (SSSR count). The van der Waals surface area contributed by atoms with E-state index >= 15 is 0 Å². The highest BCUT2D eigenvalue weighted by molar-refractivity contribution is 5.47. The summed E-state index contributed by atoms with van der Waals surface area (Å²) in [6.45, 7) is 6.87. The minimum Gasteiger partial charge on any atom is -0.457 e. The quantitative estimate of drug-likeness (QED) is 0.620. The topological polar surface area (TPSA) is 109 Å². The highest BCUT2D eigenvalue weighted by atomic mass is 16.5. The van der Waals surface area contributed by atoms with Crippen LogP contribution >= 0.6 is 0 Å². The Morgan fingerprint density at radius 3 is 2.61 bits per heavy atom. The molecular weight excluding hydrogens is 416 g/mol. The normalized spacial score (nSPS) is 14.9. The van der Waals surface area contributed by atoms with Crippen LogP contribution in [0.2, 0.25) is 0 Å². The predicted octanol–water partition coefficient (Wildman–Crippen LogP) is 2.71. The molecule has 33 heavy (non-hydrogen) atoms. The number of nitriles is 2. The molecule has 3 aromatic rings. The van der Waals surface area contributed by atoms with Gasteiger partial charge >= 0.3 is 5.69 Å². The summed E-state index contributed by atoms with van der Waals surface area (Å²) in [5, 5.41) is 19.5. The minimum atomic E-state index is -0.320. The smallest absolute Gasteiger partial charge is 0.330 e. The van der Waals surface area contributed by atoms with Crippen LogP contribution in [0.25, 0.3) is 6.08 Å². The van der Waals surface area contributed by atoms with E-state index in [0.717, 1.165) is 10.9 Å². The van der Waals surface area contributed by atoms with E-state index in [2.05, 4.69) is 31.8 Å². The molecule has 1 aliphatic rings. The highest BCUT2D eigenvalue weighted by Gasteiger charge is 2.22. The van der Waals surface area contributed by atoms with Gasteiger partial charge in [0.1, 0.15) is 23.3 Å². The fourth-order valence-electron chi connectivity index (χ4n) is 3.92. The van der Waals surface area contributed by atoms with Gasteiger partial charge in [0.25, 0.3) is 0 Å². The Bertz CT molecular complexity index is 1490. The number of aromatic nitrogens is 3. The zero-order valence-corrected chi connectivity index (χ0v) is 19.0. The van der Waals surface area contributed by atoms with Gasteiger partial charge in [-0.1, -0.05) is 26.8 Å². The van der Waals surface area contributed by atoms with Crippen molar-refractivity contribution in [2.24, 2.45) is 17.5 Å². The summed E-state index contributed by atoms with van der Waals surface area (Å²) in [6, 6.07) is 12.3. The van der Waals surface area contributed by atoms with Crippen molar-refractivity contribution in [1.29, 1.82) is 10.5 Å². The Hall–Kier alpha value is -4.17. The van der Waals surface area contributed by atoms with Gasteiger partial charge in [-0.15, -0.1) is 0 Å². The number of hydrogen-bond donors (Lipinski definition) is 0. The number of nitrogens with zero attached hydrogens (tertiary/aromatic N) is 6. The summed E-state index contributed by atoms with van der Waals surface area (Å²) in [6.07, 6.45) is 4.09. The van der Waals surface area contributed by atoms with E-state index in [1.54, 1.807) is 46.5 Å². The Morgan fingerprint density at radius 1 is 1.15 bits per heavy atom. The molecule has 1 aromatic carbocycles. The van der Waals surface area contributed by atoms with Gasteiger partial charge in [-0.05, 0) is 41.7 Å². The molecule has 8 nitrogen and oxygen atoms in total. The molecule has 8 heteroatoms. The lowest BCUT2D eigenvalue weighted by Crippen LogP contribution is -2.38. The second-order valence-corrected chi connectivity index (χ2v) is 9.23. The third kappa shape index (κ3) is 4.42. The lowest BCUT2D eigenvalue weighted by Gasteiger charge is -2.19. The van der Waals surface area contributed by atoms with Crippen LogP contribution in [-0.2, 0) is 13.6 Å². The van der Waals surface area contributed by atoms with Gasteiger partial charge in [0.2, 0.25) is 0 Å². The molecule has 0 saturated carbocycles. The molecule has 0 N–H and O–H groups in total. The van der Waals surface area contributed by atoms with E-state index in [9.17, 15) is 10.1 Å². The molecule has 1 unspecified atom stereocenters. The number of benzene rings is 1. The van der Waals surface area contributed by atoms with Crippen LogP contribution in [0.3, 0.4) is 0 Å². The summed E-state index contributed by atoms with van der Waals surface area (Å²) in [5.74, 6) is 1.01. The van der Waals surface area contributed by atoms with Gasteiger partial charge in [0.05, 0.1) is 23.0 Å². The third-order valence-electron chi connectivity index (χ3n) is 5.38. The number of ether oxygens (including phenoxy) is 1. The van der Waals surface area contributed by atoms with Crippen LogP contribution in [0.5, 0.6) is 11.5 Å². The maximum atomic E-state index is 12.9. The van der Waals surface area contributed by atoms with Crippen LogP contribution in [-0.4, -0.2) is 14.1 Å². The second kappa shape index (κ2) is 8.40. The molecule has 0 spiro atoms. The van der Waals surface area contributed by atoms with Crippen molar-refractivity contribution < 1.29 is 4.74 Å². The standard InChI is InChI=1S/C25H24N6O2/c1-25(2,3)15-31-22-8-7-21(29-23(22)30(4)24(31)32)20-12-18(6-5-16(20)13-26)33-19-9-10-28-17(11-19)14-27/h5-6,8-12,21H,7,15H2,1-4H3. The molecule has 0 saturated heterocycles. The van der Waals surface area contributed by atoms with E-state index in [1.807, 2.05) is 12.1 Å². The minimum absolute atomic E-state index is 0.0539. The lowest BCUT2D eigenvalue weighted by molar-refractivity contribution is 0.333. The van der Waals surface area contributed by atoms with Crippen molar-refractivity contribution in [2.45, 2.75) is 39.8 Å². The summed E-state index contributed by atoms with van der Waals surface area (Å²) >= 11 is 0. The molecule has 1 aliphatic heterocycles. The first-order valence-electron chi connectivity index (χ1n) is 10.6. The number of hydrogen-bond acceptors (Lipinski definition) is 6. The predicted molar refractivity (Wildman–Crippen MR) is 122 cm³/mol. The van der Waals surface area contributed by atoms with E-state index < -0.39 is 0 Å².